The van der Waals surface area contributed by atoms with Crippen molar-refractivity contribution >= 4 is 5.82 Å². The second kappa shape index (κ2) is 6.77. The van der Waals surface area contributed by atoms with Gasteiger partial charge in [0.2, 0.25) is 0 Å². The molecule has 0 bridgehead atoms. The Morgan fingerprint density at radius 1 is 1.29 bits per heavy atom. The van der Waals surface area contributed by atoms with E-state index in [4.69, 9.17) is 5.26 Å². The summed E-state index contributed by atoms with van der Waals surface area (Å²) < 4.78 is 13.9. The Balaban J connectivity index is 2.07. The lowest BCUT2D eigenvalue weighted by molar-refractivity contribution is 0.392. The molecule has 0 unspecified atom stereocenters. The smallest absolute Gasteiger partial charge is 0.182 e. The summed E-state index contributed by atoms with van der Waals surface area (Å²) in [4.78, 5) is 9.87. The lowest BCUT2D eigenvalue weighted by Crippen LogP contribution is -2.12. The monoisotopic (exact) mass is 285 g/mol. The number of anilines is 1. The quantitative estimate of drug-likeness (QED) is 0.912. The van der Waals surface area contributed by atoms with Gasteiger partial charge < -0.3 is 10.2 Å². The van der Waals surface area contributed by atoms with Gasteiger partial charge in [0, 0.05) is 31.0 Å². The number of aromatic nitrogens is 2. The third-order valence-corrected chi connectivity index (χ3v) is 2.87. The van der Waals surface area contributed by atoms with Crippen molar-refractivity contribution in [3.8, 4) is 6.07 Å². The van der Waals surface area contributed by atoms with E-state index >= 15 is 0 Å². The van der Waals surface area contributed by atoms with E-state index in [1.807, 2.05) is 31.1 Å². The van der Waals surface area contributed by atoms with Crippen molar-refractivity contribution in [3.05, 3.63) is 53.2 Å². The number of hydrogen-bond acceptors (Lipinski definition) is 5. The fourth-order valence-corrected chi connectivity index (χ4v) is 1.90. The summed E-state index contributed by atoms with van der Waals surface area (Å²) in [5.41, 5.74) is 1.66. The summed E-state index contributed by atoms with van der Waals surface area (Å²) >= 11 is 0. The molecule has 0 aliphatic heterocycles. The molecule has 1 heterocycles. The van der Waals surface area contributed by atoms with E-state index in [1.165, 1.54) is 18.5 Å². The minimum Gasteiger partial charge on any atom is -0.364 e. The Hall–Kier alpha value is -2.52. The maximum Gasteiger partial charge on any atom is 0.182 e. The fourth-order valence-electron chi connectivity index (χ4n) is 1.90. The molecule has 5 nitrogen and oxygen atoms in total. The third kappa shape index (κ3) is 3.97. The molecule has 2 rings (SSSR count). The van der Waals surface area contributed by atoms with Gasteiger partial charge >= 0.3 is 0 Å². The minimum atomic E-state index is -0.234. The SMILES string of the molecule is CN(C)Cc1ccc(CNc2nccnc2C#N)cc1F. The van der Waals surface area contributed by atoms with Crippen LogP contribution in [0, 0.1) is 17.1 Å². The van der Waals surface area contributed by atoms with Crippen molar-refractivity contribution in [2.75, 3.05) is 19.4 Å². The highest BCUT2D eigenvalue weighted by Crippen LogP contribution is 2.14. The van der Waals surface area contributed by atoms with Gasteiger partial charge in [-0.2, -0.15) is 5.26 Å². The van der Waals surface area contributed by atoms with Crippen molar-refractivity contribution in [2.45, 2.75) is 13.1 Å². The average Bonchev–Trinajstić information content (AvgIpc) is 2.47. The zero-order chi connectivity index (χ0) is 15.2. The van der Waals surface area contributed by atoms with E-state index in [9.17, 15) is 4.39 Å². The Bertz CT molecular complexity index is 663. The number of benzene rings is 1. The molecule has 0 amide bonds. The molecule has 0 saturated carbocycles. The van der Waals surface area contributed by atoms with Gasteiger partial charge in [-0.3, -0.25) is 0 Å². The van der Waals surface area contributed by atoms with Crippen LogP contribution in [0.25, 0.3) is 0 Å². The topological polar surface area (TPSA) is 64.8 Å². The van der Waals surface area contributed by atoms with Gasteiger partial charge in [0.15, 0.2) is 11.5 Å². The predicted molar refractivity (Wildman–Crippen MR) is 77.9 cm³/mol. The molecule has 21 heavy (non-hydrogen) atoms. The molecule has 108 valence electrons. The molecule has 0 atom stereocenters. The maximum atomic E-state index is 13.9. The Kier molecular flexibility index (Phi) is 4.80. The first-order valence-electron chi connectivity index (χ1n) is 6.47. The van der Waals surface area contributed by atoms with Crippen LogP contribution in [0.1, 0.15) is 16.8 Å². The van der Waals surface area contributed by atoms with E-state index in [0.717, 1.165) is 5.56 Å². The summed E-state index contributed by atoms with van der Waals surface area (Å²) in [6.45, 7) is 0.939. The molecule has 1 aromatic heterocycles. The minimum absolute atomic E-state index is 0.224. The van der Waals surface area contributed by atoms with Crippen LogP contribution in [-0.4, -0.2) is 29.0 Å². The normalized spacial score (nSPS) is 10.4. The van der Waals surface area contributed by atoms with Crippen LogP contribution < -0.4 is 5.32 Å². The van der Waals surface area contributed by atoms with Crippen LogP contribution in [0.5, 0.6) is 0 Å². The lowest BCUT2D eigenvalue weighted by atomic mass is 10.1. The number of halogens is 1. The highest BCUT2D eigenvalue weighted by molar-refractivity contribution is 5.47. The number of hydrogen-bond donors (Lipinski definition) is 1. The first-order valence-corrected chi connectivity index (χ1v) is 6.47. The number of nitriles is 1. The van der Waals surface area contributed by atoms with Crippen LogP contribution in [0.15, 0.2) is 30.6 Å². The highest BCUT2D eigenvalue weighted by atomic mass is 19.1. The Morgan fingerprint density at radius 3 is 2.71 bits per heavy atom. The number of nitrogens with one attached hydrogen (secondary N) is 1. The van der Waals surface area contributed by atoms with E-state index in [2.05, 4.69) is 15.3 Å². The highest BCUT2D eigenvalue weighted by Gasteiger charge is 2.07. The van der Waals surface area contributed by atoms with E-state index < -0.39 is 0 Å². The second-order valence-electron chi connectivity index (χ2n) is 4.88. The van der Waals surface area contributed by atoms with Gasteiger partial charge in [0.1, 0.15) is 11.9 Å². The van der Waals surface area contributed by atoms with Gasteiger partial charge in [0.05, 0.1) is 0 Å². The number of nitrogens with zero attached hydrogens (tertiary/aromatic N) is 4. The summed E-state index contributed by atoms with van der Waals surface area (Å²) in [6.07, 6.45) is 2.96. The molecule has 6 heteroatoms. The predicted octanol–water partition coefficient (Wildman–Crippen LogP) is 2.16. The Labute approximate surface area is 123 Å². The van der Waals surface area contributed by atoms with Gasteiger partial charge in [0.25, 0.3) is 0 Å². The zero-order valence-electron chi connectivity index (χ0n) is 12.0. The van der Waals surface area contributed by atoms with Crippen LogP contribution in [0.2, 0.25) is 0 Å². The second-order valence-corrected chi connectivity index (χ2v) is 4.88. The van der Waals surface area contributed by atoms with E-state index in [0.29, 0.717) is 24.5 Å². The van der Waals surface area contributed by atoms with Crippen LogP contribution >= 0.6 is 0 Å². The Morgan fingerprint density at radius 2 is 2.05 bits per heavy atom. The summed E-state index contributed by atoms with van der Waals surface area (Å²) in [5.74, 6) is 0.167. The summed E-state index contributed by atoms with van der Waals surface area (Å²) in [6, 6.07) is 7.08. The summed E-state index contributed by atoms with van der Waals surface area (Å²) in [5, 5.41) is 11.9. The first-order chi connectivity index (χ1) is 10.1. The van der Waals surface area contributed by atoms with Crippen molar-refractivity contribution in [3.63, 3.8) is 0 Å². The molecule has 0 radical (unpaired) electrons. The maximum absolute atomic E-state index is 13.9. The standard InChI is InChI=1S/C15H16FN5/c1-21(2)10-12-4-3-11(7-13(12)16)9-20-15-14(8-17)18-5-6-19-15/h3-7H,9-10H2,1-2H3,(H,19,20). The van der Waals surface area contributed by atoms with Crippen molar-refractivity contribution < 1.29 is 4.39 Å². The van der Waals surface area contributed by atoms with Crippen LogP contribution in [0.4, 0.5) is 10.2 Å². The molecule has 0 aliphatic carbocycles. The number of rotatable bonds is 5. The van der Waals surface area contributed by atoms with Crippen molar-refractivity contribution in [1.29, 1.82) is 5.26 Å². The first kappa shape index (κ1) is 14.9. The molecule has 0 aliphatic rings. The molecule has 1 N–H and O–H groups in total. The molecule has 0 saturated heterocycles. The fraction of sp³-hybridized carbons (Fsp3) is 0.267. The van der Waals surface area contributed by atoms with E-state index in [1.54, 1.807) is 6.07 Å². The largest absolute Gasteiger partial charge is 0.364 e. The van der Waals surface area contributed by atoms with E-state index in [-0.39, 0.29) is 11.5 Å². The molecular formula is C15H16FN5. The summed E-state index contributed by atoms with van der Waals surface area (Å²) in [7, 11) is 3.79. The van der Waals surface area contributed by atoms with Gasteiger partial charge in [-0.05, 0) is 25.7 Å². The molecule has 1 aromatic carbocycles. The molecule has 0 spiro atoms. The van der Waals surface area contributed by atoms with Crippen molar-refractivity contribution in [2.24, 2.45) is 0 Å². The van der Waals surface area contributed by atoms with Crippen LogP contribution in [-0.2, 0) is 13.1 Å². The molecule has 2 aromatic rings. The third-order valence-electron chi connectivity index (χ3n) is 2.87. The lowest BCUT2D eigenvalue weighted by Gasteiger charge is -2.12. The molecule has 0 fully saturated rings. The average molecular weight is 285 g/mol. The van der Waals surface area contributed by atoms with Gasteiger partial charge in [-0.25, -0.2) is 14.4 Å². The van der Waals surface area contributed by atoms with Crippen molar-refractivity contribution in [1.82, 2.24) is 14.9 Å². The zero-order valence-corrected chi connectivity index (χ0v) is 12.0. The molecular weight excluding hydrogens is 269 g/mol. The van der Waals surface area contributed by atoms with Gasteiger partial charge in [-0.15, -0.1) is 0 Å². The van der Waals surface area contributed by atoms with Gasteiger partial charge in [-0.1, -0.05) is 12.1 Å². The van der Waals surface area contributed by atoms with Crippen LogP contribution in [0.3, 0.4) is 0 Å².